The van der Waals surface area contributed by atoms with Crippen molar-refractivity contribution in [3.8, 4) is 0 Å². The number of hydrogen-bond acceptors (Lipinski definition) is 1. The summed E-state index contributed by atoms with van der Waals surface area (Å²) in [6.07, 6.45) is 2.51. The van der Waals surface area contributed by atoms with Gasteiger partial charge in [0, 0.05) is 10.1 Å². The molecular formula is C16H16S. The summed E-state index contributed by atoms with van der Waals surface area (Å²) in [7, 11) is 0. The van der Waals surface area contributed by atoms with E-state index in [1.165, 1.54) is 34.4 Å². The quantitative estimate of drug-likeness (QED) is 0.728. The molecule has 0 amide bonds. The Labute approximate surface area is 107 Å². The Kier molecular flexibility index (Phi) is 2.94. The number of hydrogen-bond donors (Lipinski definition) is 0. The summed E-state index contributed by atoms with van der Waals surface area (Å²) in [6.45, 7) is 2.14. The summed E-state index contributed by atoms with van der Waals surface area (Å²) in [5.74, 6) is 0. The first kappa shape index (κ1) is 10.9. The molecule has 3 rings (SSSR count). The van der Waals surface area contributed by atoms with Crippen molar-refractivity contribution < 1.29 is 0 Å². The Morgan fingerprint density at radius 1 is 1.00 bits per heavy atom. The van der Waals surface area contributed by atoms with Gasteiger partial charge in [0.25, 0.3) is 0 Å². The molecule has 1 aliphatic carbocycles. The van der Waals surface area contributed by atoms with Crippen LogP contribution in [0.4, 0.5) is 0 Å². The fourth-order valence-electron chi connectivity index (χ4n) is 2.42. The van der Waals surface area contributed by atoms with Crippen molar-refractivity contribution in [2.45, 2.75) is 29.9 Å². The van der Waals surface area contributed by atoms with Crippen LogP contribution in [0.25, 0.3) is 0 Å². The number of fused-ring (bicyclic) bond motifs is 1. The molecule has 0 nitrogen and oxygen atoms in total. The highest BCUT2D eigenvalue weighted by molar-refractivity contribution is 7.99. The second-order valence-corrected chi connectivity index (χ2v) is 5.93. The third-order valence-corrected chi connectivity index (χ3v) is 4.70. The van der Waals surface area contributed by atoms with Crippen LogP contribution in [0.2, 0.25) is 0 Å². The molecule has 0 bridgehead atoms. The van der Waals surface area contributed by atoms with Gasteiger partial charge in [-0.2, -0.15) is 0 Å². The highest BCUT2D eigenvalue weighted by Gasteiger charge is 2.22. The maximum Gasteiger partial charge on any atom is 0.0350 e. The second kappa shape index (κ2) is 4.58. The number of benzene rings is 2. The maximum atomic E-state index is 2.29. The molecule has 0 aliphatic heterocycles. The number of rotatable bonds is 2. The van der Waals surface area contributed by atoms with Crippen molar-refractivity contribution in [3.63, 3.8) is 0 Å². The van der Waals surface area contributed by atoms with Gasteiger partial charge in [0.2, 0.25) is 0 Å². The molecule has 0 saturated carbocycles. The van der Waals surface area contributed by atoms with Crippen molar-refractivity contribution >= 4 is 11.8 Å². The first-order valence-electron chi connectivity index (χ1n) is 6.14. The van der Waals surface area contributed by atoms with Crippen LogP contribution in [0.1, 0.15) is 28.4 Å². The molecule has 2 aromatic rings. The molecule has 1 unspecified atom stereocenters. The topological polar surface area (TPSA) is 0 Å². The SMILES string of the molecule is Cc1ccc(SC2CCc3ccccc32)cc1. The largest absolute Gasteiger partial charge is 0.118 e. The van der Waals surface area contributed by atoms with E-state index in [0.29, 0.717) is 5.25 Å². The van der Waals surface area contributed by atoms with Gasteiger partial charge in [-0.1, -0.05) is 42.0 Å². The zero-order valence-corrected chi connectivity index (χ0v) is 10.8. The summed E-state index contributed by atoms with van der Waals surface area (Å²) in [5, 5.41) is 0.647. The van der Waals surface area contributed by atoms with E-state index in [1.807, 2.05) is 11.8 Å². The normalized spacial score (nSPS) is 18.1. The Morgan fingerprint density at radius 3 is 2.59 bits per heavy atom. The Balaban J connectivity index is 1.81. The lowest BCUT2D eigenvalue weighted by Gasteiger charge is -2.11. The monoisotopic (exact) mass is 240 g/mol. The van der Waals surface area contributed by atoms with Gasteiger partial charge < -0.3 is 0 Å². The molecule has 17 heavy (non-hydrogen) atoms. The highest BCUT2D eigenvalue weighted by atomic mass is 32.2. The molecule has 0 heterocycles. The third kappa shape index (κ3) is 2.25. The minimum absolute atomic E-state index is 0.647. The van der Waals surface area contributed by atoms with Crippen molar-refractivity contribution in [1.82, 2.24) is 0 Å². The predicted octanol–water partition coefficient (Wildman–Crippen LogP) is 4.77. The van der Waals surface area contributed by atoms with Crippen molar-refractivity contribution in [3.05, 3.63) is 65.2 Å². The van der Waals surface area contributed by atoms with Crippen LogP contribution < -0.4 is 0 Å². The van der Waals surface area contributed by atoms with Crippen LogP contribution in [0.5, 0.6) is 0 Å². The van der Waals surface area contributed by atoms with E-state index in [0.717, 1.165) is 0 Å². The van der Waals surface area contributed by atoms with Crippen LogP contribution in [0.3, 0.4) is 0 Å². The minimum Gasteiger partial charge on any atom is -0.118 e. The zero-order valence-electron chi connectivity index (χ0n) is 10.0. The lowest BCUT2D eigenvalue weighted by Crippen LogP contribution is -1.87. The Hall–Kier alpha value is -1.21. The number of aryl methyl sites for hydroxylation is 2. The van der Waals surface area contributed by atoms with Crippen LogP contribution in [-0.2, 0) is 6.42 Å². The van der Waals surface area contributed by atoms with Gasteiger partial charge in [0.1, 0.15) is 0 Å². The van der Waals surface area contributed by atoms with Crippen LogP contribution in [-0.4, -0.2) is 0 Å². The van der Waals surface area contributed by atoms with Gasteiger partial charge in [-0.25, -0.2) is 0 Å². The number of thioether (sulfide) groups is 1. The Morgan fingerprint density at radius 2 is 1.76 bits per heavy atom. The predicted molar refractivity (Wildman–Crippen MR) is 74.5 cm³/mol. The molecular weight excluding hydrogens is 224 g/mol. The van der Waals surface area contributed by atoms with Gasteiger partial charge in [0.15, 0.2) is 0 Å². The van der Waals surface area contributed by atoms with E-state index in [-0.39, 0.29) is 0 Å². The van der Waals surface area contributed by atoms with Gasteiger partial charge >= 0.3 is 0 Å². The zero-order chi connectivity index (χ0) is 11.7. The van der Waals surface area contributed by atoms with Crippen molar-refractivity contribution in [1.29, 1.82) is 0 Å². The molecule has 0 aromatic heterocycles. The van der Waals surface area contributed by atoms with Gasteiger partial charge in [0.05, 0.1) is 0 Å². The van der Waals surface area contributed by atoms with Crippen LogP contribution >= 0.6 is 11.8 Å². The average Bonchev–Trinajstić information content (AvgIpc) is 2.76. The average molecular weight is 240 g/mol. The lowest BCUT2D eigenvalue weighted by atomic mass is 10.1. The summed E-state index contributed by atoms with van der Waals surface area (Å²) < 4.78 is 0. The summed E-state index contributed by atoms with van der Waals surface area (Å²) in [5.41, 5.74) is 4.41. The van der Waals surface area contributed by atoms with E-state index in [1.54, 1.807) is 0 Å². The molecule has 1 aliphatic rings. The van der Waals surface area contributed by atoms with Crippen molar-refractivity contribution in [2.75, 3.05) is 0 Å². The molecule has 1 heteroatoms. The van der Waals surface area contributed by atoms with Crippen LogP contribution in [0.15, 0.2) is 53.4 Å². The fraction of sp³-hybridized carbons (Fsp3) is 0.250. The van der Waals surface area contributed by atoms with E-state index in [4.69, 9.17) is 0 Å². The molecule has 1 atom stereocenters. The molecule has 0 spiro atoms. The molecule has 2 aromatic carbocycles. The third-order valence-electron chi connectivity index (χ3n) is 3.38. The summed E-state index contributed by atoms with van der Waals surface area (Å²) in [6, 6.07) is 17.7. The molecule has 0 N–H and O–H groups in total. The first-order chi connectivity index (χ1) is 8.33. The molecule has 0 saturated heterocycles. The lowest BCUT2D eigenvalue weighted by molar-refractivity contribution is 0.890. The molecule has 86 valence electrons. The summed E-state index contributed by atoms with van der Waals surface area (Å²) in [4.78, 5) is 1.39. The van der Waals surface area contributed by atoms with Crippen molar-refractivity contribution in [2.24, 2.45) is 0 Å². The van der Waals surface area contributed by atoms with E-state index in [2.05, 4.69) is 55.5 Å². The maximum absolute atomic E-state index is 2.29. The van der Waals surface area contributed by atoms with E-state index in [9.17, 15) is 0 Å². The van der Waals surface area contributed by atoms with Gasteiger partial charge in [-0.15, -0.1) is 11.8 Å². The van der Waals surface area contributed by atoms with Crippen LogP contribution in [0, 0.1) is 6.92 Å². The summed E-state index contributed by atoms with van der Waals surface area (Å²) >= 11 is 2.00. The van der Waals surface area contributed by atoms with E-state index >= 15 is 0 Å². The highest BCUT2D eigenvalue weighted by Crippen LogP contribution is 2.44. The van der Waals surface area contributed by atoms with Gasteiger partial charge in [-0.3, -0.25) is 0 Å². The van der Waals surface area contributed by atoms with Gasteiger partial charge in [-0.05, 0) is 43.0 Å². The molecule has 0 fully saturated rings. The fourth-order valence-corrected chi connectivity index (χ4v) is 3.64. The second-order valence-electron chi connectivity index (χ2n) is 4.66. The Bertz CT molecular complexity index is 513. The minimum atomic E-state index is 0.647. The smallest absolute Gasteiger partial charge is 0.0350 e. The first-order valence-corrected chi connectivity index (χ1v) is 7.02. The van der Waals surface area contributed by atoms with E-state index < -0.39 is 0 Å². The molecule has 0 radical (unpaired) electrons. The standard InChI is InChI=1S/C16H16S/c1-12-6-9-14(10-7-12)17-16-11-8-13-4-2-3-5-15(13)16/h2-7,9-10,16H,8,11H2,1H3.